The monoisotopic (exact) mass is 418 g/mol. The van der Waals surface area contributed by atoms with Crippen molar-refractivity contribution >= 4 is 41.0 Å². The molecule has 29 heavy (non-hydrogen) atoms. The minimum Gasteiger partial charge on any atom is -0.454 e. The molecule has 5 atom stereocenters. The quantitative estimate of drug-likeness (QED) is 0.586. The predicted molar refractivity (Wildman–Crippen MR) is 105 cm³/mol. The van der Waals surface area contributed by atoms with Crippen LogP contribution in [-0.4, -0.2) is 41.2 Å². The first-order chi connectivity index (χ1) is 13.8. The van der Waals surface area contributed by atoms with Crippen LogP contribution < -0.4 is 5.32 Å². The van der Waals surface area contributed by atoms with E-state index < -0.39 is 24.5 Å². The third-order valence-corrected chi connectivity index (χ3v) is 6.74. The maximum atomic E-state index is 12.8. The van der Waals surface area contributed by atoms with Gasteiger partial charge in [-0.05, 0) is 62.6 Å². The first-order valence-electron chi connectivity index (χ1n) is 9.87. The van der Waals surface area contributed by atoms with Crippen molar-refractivity contribution < 1.29 is 23.9 Å². The van der Waals surface area contributed by atoms with Crippen molar-refractivity contribution in [1.82, 2.24) is 4.90 Å². The van der Waals surface area contributed by atoms with E-state index in [2.05, 4.69) is 5.32 Å². The number of esters is 1. The van der Waals surface area contributed by atoms with Crippen LogP contribution in [0.4, 0.5) is 5.69 Å². The summed E-state index contributed by atoms with van der Waals surface area (Å²) in [6.07, 6.45) is 2.88. The van der Waals surface area contributed by atoms with Crippen LogP contribution in [0.15, 0.2) is 18.2 Å². The molecule has 8 heteroatoms. The lowest BCUT2D eigenvalue weighted by Crippen LogP contribution is -2.45. The van der Waals surface area contributed by atoms with E-state index in [0.717, 1.165) is 29.7 Å². The number of carbonyl (C=O) groups is 4. The summed E-state index contributed by atoms with van der Waals surface area (Å²) in [7, 11) is 0. The number of anilines is 1. The topological polar surface area (TPSA) is 92.8 Å². The Labute approximate surface area is 173 Å². The summed E-state index contributed by atoms with van der Waals surface area (Å²) in [6, 6.07) is 4.04. The molecule has 1 aliphatic heterocycles. The second-order valence-corrected chi connectivity index (χ2v) is 8.66. The molecule has 3 amide bonds. The van der Waals surface area contributed by atoms with E-state index in [4.69, 9.17) is 16.3 Å². The van der Waals surface area contributed by atoms with Gasteiger partial charge in [-0.2, -0.15) is 0 Å². The second-order valence-electron chi connectivity index (χ2n) is 8.22. The highest BCUT2D eigenvalue weighted by molar-refractivity contribution is 6.31. The number of aryl methyl sites for hydroxylation is 1. The van der Waals surface area contributed by atoms with Gasteiger partial charge >= 0.3 is 5.97 Å². The molecular formula is C21H23ClN2O5. The van der Waals surface area contributed by atoms with E-state index in [1.807, 2.05) is 6.92 Å². The van der Waals surface area contributed by atoms with Crippen molar-refractivity contribution in [1.29, 1.82) is 0 Å². The van der Waals surface area contributed by atoms with Gasteiger partial charge in [0, 0.05) is 10.7 Å². The molecule has 1 aromatic rings. The molecule has 2 aliphatic carbocycles. The Balaban J connectivity index is 1.35. The van der Waals surface area contributed by atoms with Gasteiger partial charge in [0.15, 0.2) is 6.61 Å². The fourth-order valence-electron chi connectivity index (χ4n) is 5.09. The van der Waals surface area contributed by atoms with Crippen LogP contribution in [0, 0.1) is 30.6 Å². The number of hydrogen-bond acceptors (Lipinski definition) is 5. The van der Waals surface area contributed by atoms with Gasteiger partial charge in [-0.1, -0.05) is 17.7 Å². The minimum atomic E-state index is -1.04. The molecule has 0 unspecified atom stereocenters. The highest BCUT2D eigenvalue weighted by atomic mass is 35.5. The van der Waals surface area contributed by atoms with E-state index in [1.165, 1.54) is 6.92 Å². The Morgan fingerprint density at radius 2 is 1.83 bits per heavy atom. The largest absolute Gasteiger partial charge is 0.454 e. The van der Waals surface area contributed by atoms with Crippen LogP contribution in [0.5, 0.6) is 0 Å². The normalized spacial score (nSPS) is 28.4. The number of hydrogen-bond donors (Lipinski definition) is 1. The molecule has 4 rings (SSSR count). The first-order valence-corrected chi connectivity index (χ1v) is 10.2. The van der Waals surface area contributed by atoms with Crippen LogP contribution in [0.1, 0.15) is 31.7 Å². The number of amides is 3. The van der Waals surface area contributed by atoms with Crippen molar-refractivity contribution in [3.05, 3.63) is 28.8 Å². The number of nitrogens with zero attached hydrogens (tertiary/aromatic N) is 1. The second kappa shape index (κ2) is 7.44. The standard InChI is InChI=1S/C21H23ClN2O5/c1-10-3-6-14(22)8-15(10)23-16(25)9-29-21(28)11(2)24-19(26)17-12-4-5-13(7-12)18(17)20(24)27/h3,6,8,11-13,17-18H,4-5,7,9H2,1-2H3,(H,23,25)/t11-,12+,13+,17-,18+/m1/s1. The van der Waals surface area contributed by atoms with Crippen LogP contribution in [0.25, 0.3) is 0 Å². The molecular weight excluding hydrogens is 396 g/mol. The molecule has 154 valence electrons. The average molecular weight is 419 g/mol. The number of rotatable bonds is 5. The third kappa shape index (κ3) is 3.41. The Morgan fingerprint density at radius 3 is 2.45 bits per heavy atom. The molecule has 3 fully saturated rings. The molecule has 0 aromatic heterocycles. The van der Waals surface area contributed by atoms with Crippen LogP contribution >= 0.6 is 11.6 Å². The van der Waals surface area contributed by atoms with Crippen LogP contribution in [0.2, 0.25) is 5.02 Å². The number of likely N-dealkylation sites (tertiary alicyclic amines) is 1. The number of imide groups is 1. The number of fused-ring (bicyclic) bond motifs is 5. The molecule has 7 nitrogen and oxygen atoms in total. The van der Waals surface area contributed by atoms with Crippen LogP contribution in [-0.2, 0) is 23.9 Å². The highest BCUT2D eigenvalue weighted by Crippen LogP contribution is 2.56. The molecule has 0 radical (unpaired) electrons. The van der Waals surface area contributed by atoms with Gasteiger partial charge in [0.2, 0.25) is 11.8 Å². The maximum Gasteiger partial charge on any atom is 0.329 e. The van der Waals surface area contributed by atoms with E-state index >= 15 is 0 Å². The zero-order chi connectivity index (χ0) is 20.9. The fourth-order valence-corrected chi connectivity index (χ4v) is 5.26. The van der Waals surface area contributed by atoms with Crippen molar-refractivity contribution in [3.63, 3.8) is 0 Å². The number of carbonyl (C=O) groups excluding carboxylic acids is 4. The molecule has 2 bridgehead atoms. The number of ether oxygens (including phenoxy) is 1. The Kier molecular flexibility index (Phi) is 5.11. The van der Waals surface area contributed by atoms with Gasteiger partial charge in [0.25, 0.3) is 5.91 Å². The number of nitrogens with one attached hydrogen (secondary N) is 1. The zero-order valence-electron chi connectivity index (χ0n) is 16.3. The third-order valence-electron chi connectivity index (χ3n) is 6.51. The molecule has 0 spiro atoms. The van der Waals surface area contributed by atoms with Crippen LogP contribution in [0.3, 0.4) is 0 Å². The van der Waals surface area contributed by atoms with Gasteiger partial charge < -0.3 is 10.1 Å². The summed E-state index contributed by atoms with van der Waals surface area (Å²) < 4.78 is 5.08. The van der Waals surface area contributed by atoms with Gasteiger partial charge in [-0.15, -0.1) is 0 Å². The van der Waals surface area contributed by atoms with Gasteiger partial charge in [0.1, 0.15) is 6.04 Å². The summed E-state index contributed by atoms with van der Waals surface area (Å²) in [4.78, 5) is 51.2. The van der Waals surface area contributed by atoms with E-state index in [9.17, 15) is 19.2 Å². The predicted octanol–water partition coefficient (Wildman–Crippen LogP) is 2.55. The molecule has 3 aliphatic rings. The minimum absolute atomic E-state index is 0.251. The van der Waals surface area contributed by atoms with Crippen molar-refractivity contribution in [2.24, 2.45) is 23.7 Å². The van der Waals surface area contributed by atoms with E-state index in [-0.39, 0.29) is 35.5 Å². The maximum absolute atomic E-state index is 12.8. The van der Waals surface area contributed by atoms with Crippen molar-refractivity contribution in [3.8, 4) is 0 Å². The van der Waals surface area contributed by atoms with Gasteiger partial charge in [-0.25, -0.2) is 4.79 Å². The van der Waals surface area contributed by atoms with Gasteiger partial charge in [-0.3, -0.25) is 19.3 Å². The Bertz CT molecular complexity index is 873. The lowest BCUT2D eigenvalue weighted by atomic mass is 9.81. The number of benzene rings is 1. The molecule has 1 heterocycles. The van der Waals surface area contributed by atoms with Crippen molar-refractivity contribution in [2.75, 3.05) is 11.9 Å². The summed E-state index contributed by atoms with van der Waals surface area (Å²) in [5.41, 5.74) is 1.34. The van der Waals surface area contributed by atoms with E-state index in [1.54, 1.807) is 18.2 Å². The highest BCUT2D eigenvalue weighted by Gasteiger charge is 2.62. The summed E-state index contributed by atoms with van der Waals surface area (Å²) >= 11 is 5.93. The summed E-state index contributed by atoms with van der Waals surface area (Å²) in [5.74, 6) is -1.90. The molecule has 2 saturated carbocycles. The fraction of sp³-hybridized carbons (Fsp3) is 0.524. The first kappa shape index (κ1) is 19.9. The average Bonchev–Trinajstić information content (AvgIpc) is 3.36. The SMILES string of the molecule is Cc1ccc(Cl)cc1NC(=O)COC(=O)[C@@H](C)N1C(=O)[C@@H]2[C@H]3CC[C@@H](C3)[C@@H]2C1=O. The lowest BCUT2D eigenvalue weighted by molar-refractivity contribution is -0.159. The Morgan fingerprint density at radius 1 is 1.21 bits per heavy atom. The van der Waals surface area contributed by atoms with Gasteiger partial charge in [0.05, 0.1) is 11.8 Å². The molecule has 1 N–H and O–H groups in total. The van der Waals surface area contributed by atoms with E-state index in [0.29, 0.717) is 10.7 Å². The molecule has 1 aromatic carbocycles. The lowest BCUT2D eigenvalue weighted by Gasteiger charge is -2.23. The summed E-state index contributed by atoms with van der Waals surface area (Å²) in [6.45, 7) is 2.78. The summed E-state index contributed by atoms with van der Waals surface area (Å²) in [5, 5.41) is 3.11. The van der Waals surface area contributed by atoms with Crippen molar-refractivity contribution in [2.45, 2.75) is 39.2 Å². The zero-order valence-corrected chi connectivity index (χ0v) is 17.1. The molecule has 1 saturated heterocycles. The number of halogens is 1. The Hall–Kier alpha value is -2.41. The smallest absolute Gasteiger partial charge is 0.329 e.